The van der Waals surface area contributed by atoms with Gasteiger partial charge < -0.3 is 0 Å². The Morgan fingerprint density at radius 1 is 0.938 bits per heavy atom. The molecule has 0 saturated carbocycles. The maximum absolute atomic E-state index is 10.3. The maximum atomic E-state index is 10.3. The fourth-order valence-electron chi connectivity index (χ4n) is 2.22. The van der Waals surface area contributed by atoms with E-state index < -0.39 is 24.8 Å². The molecule has 0 bridgehead atoms. The summed E-state index contributed by atoms with van der Waals surface area (Å²) in [6, 6.07) is 0. The number of carbonyl (C=O) groups is 1. The first-order valence-corrected chi connectivity index (χ1v) is 13.9. The molecule has 3 heteroatoms. The standard InChI is InChI=1S/C7H13O2.3C2H5.Sb/c1-2-3-4-5-6-7(8)9;3*1-2;/h1-6H2,(H,8,9);3*1H2,2H3;. The van der Waals surface area contributed by atoms with Crippen LogP contribution in [-0.2, 0) is 4.79 Å². The van der Waals surface area contributed by atoms with E-state index in [0.29, 0.717) is 6.42 Å². The first-order valence-electron chi connectivity index (χ1n) is 6.67. The Balaban J connectivity index is 3.59. The summed E-state index contributed by atoms with van der Waals surface area (Å²) in [5, 5.41) is 8.52. The van der Waals surface area contributed by atoms with E-state index >= 15 is 0 Å². The van der Waals surface area contributed by atoms with Crippen LogP contribution in [0.1, 0.15) is 52.9 Å². The van der Waals surface area contributed by atoms with Crippen LogP contribution >= 0.6 is 0 Å². The number of rotatable bonds is 10. The van der Waals surface area contributed by atoms with Crippen LogP contribution in [0.5, 0.6) is 0 Å². The normalized spacial score (nSPS) is 11.7. The van der Waals surface area contributed by atoms with Crippen molar-refractivity contribution >= 4 is 24.8 Å². The fraction of sp³-hybridized carbons (Fsp3) is 0.923. The van der Waals surface area contributed by atoms with Gasteiger partial charge in [-0.3, -0.25) is 0 Å². The van der Waals surface area contributed by atoms with E-state index in [2.05, 4.69) is 20.8 Å². The number of hydrogen-bond donors (Lipinski definition) is 1. The topological polar surface area (TPSA) is 37.3 Å². The molecular weight excluding hydrogens is 310 g/mol. The van der Waals surface area contributed by atoms with Gasteiger partial charge in [0.05, 0.1) is 0 Å². The molecule has 16 heavy (non-hydrogen) atoms. The van der Waals surface area contributed by atoms with Gasteiger partial charge in [0.25, 0.3) is 0 Å². The first-order chi connectivity index (χ1) is 7.60. The summed E-state index contributed by atoms with van der Waals surface area (Å²) in [5.41, 5.74) is 0. The van der Waals surface area contributed by atoms with Crippen LogP contribution in [0, 0.1) is 0 Å². The Labute approximate surface area is 105 Å². The Bertz CT molecular complexity index is 180. The Hall–Kier alpha value is 0.288. The second-order valence-corrected chi connectivity index (χ2v) is 18.9. The number of carboxylic acid groups (broad SMARTS) is 1. The Morgan fingerprint density at radius 2 is 1.44 bits per heavy atom. The zero-order valence-corrected chi connectivity index (χ0v) is 13.7. The predicted molar refractivity (Wildman–Crippen MR) is 72.7 cm³/mol. The van der Waals surface area contributed by atoms with Gasteiger partial charge in [-0.25, -0.2) is 0 Å². The molecule has 0 aromatic rings. The molecule has 0 aliphatic carbocycles. The average molecular weight is 338 g/mol. The van der Waals surface area contributed by atoms with Gasteiger partial charge in [-0.15, -0.1) is 0 Å². The summed E-state index contributed by atoms with van der Waals surface area (Å²) >= 11 is -1.56. The number of hydrogen-bond acceptors (Lipinski definition) is 1. The molecule has 97 valence electrons. The van der Waals surface area contributed by atoms with E-state index in [9.17, 15) is 4.79 Å². The summed E-state index contributed by atoms with van der Waals surface area (Å²) in [5.74, 6) is -0.650. The van der Waals surface area contributed by atoms with Crippen molar-refractivity contribution in [3.8, 4) is 0 Å². The first kappa shape index (κ1) is 16.3. The molecule has 0 aromatic carbocycles. The van der Waals surface area contributed by atoms with Gasteiger partial charge >= 0.3 is 105 Å². The van der Waals surface area contributed by atoms with E-state index in [-0.39, 0.29) is 0 Å². The molecule has 1 radical (unpaired) electrons. The van der Waals surface area contributed by atoms with Crippen molar-refractivity contribution in [3.05, 3.63) is 0 Å². The van der Waals surface area contributed by atoms with E-state index in [1.165, 1.54) is 30.3 Å². The van der Waals surface area contributed by atoms with Crippen molar-refractivity contribution in [2.45, 2.75) is 70.3 Å². The molecule has 0 aliphatic rings. The van der Waals surface area contributed by atoms with Gasteiger partial charge in [0, 0.05) is 0 Å². The van der Waals surface area contributed by atoms with Crippen LogP contribution in [0.25, 0.3) is 0 Å². The molecule has 0 aliphatic heterocycles. The molecule has 0 rings (SSSR count). The minimum absolute atomic E-state index is 0.350. The summed E-state index contributed by atoms with van der Waals surface area (Å²) < 4.78 is 5.93. The average Bonchev–Trinajstić information content (AvgIpc) is 2.29. The van der Waals surface area contributed by atoms with Crippen LogP contribution < -0.4 is 0 Å². The molecular formula is C13H28O2Sb. The summed E-state index contributed by atoms with van der Waals surface area (Å²) in [4.78, 5) is 10.3. The predicted octanol–water partition coefficient (Wildman–Crippen LogP) is 4.53. The van der Waals surface area contributed by atoms with Gasteiger partial charge in [-0.1, -0.05) is 0 Å². The Kier molecular flexibility index (Phi) is 9.50. The van der Waals surface area contributed by atoms with E-state index in [1.807, 2.05) is 0 Å². The second kappa shape index (κ2) is 9.33. The zero-order chi connectivity index (χ0) is 12.4. The SMILES string of the molecule is C[CH2][Sb]([CH2]C)([CH2]C)[CH2]CCCCCC(=O)O. The Morgan fingerprint density at radius 3 is 1.88 bits per heavy atom. The van der Waals surface area contributed by atoms with Crippen molar-refractivity contribution in [3.63, 3.8) is 0 Å². The van der Waals surface area contributed by atoms with Crippen LogP contribution in [0.15, 0.2) is 0 Å². The molecule has 0 aromatic heterocycles. The van der Waals surface area contributed by atoms with Crippen molar-refractivity contribution in [1.82, 2.24) is 0 Å². The van der Waals surface area contributed by atoms with Crippen LogP contribution in [0.3, 0.4) is 0 Å². The van der Waals surface area contributed by atoms with E-state index in [0.717, 1.165) is 12.8 Å². The van der Waals surface area contributed by atoms with Crippen LogP contribution in [0.4, 0.5) is 0 Å². The quantitative estimate of drug-likeness (QED) is 0.469. The molecule has 0 unspecified atom stereocenters. The third kappa shape index (κ3) is 6.78. The zero-order valence-electron chi connectivity index (χ0n) is 11.2. The van der Waals surface area contributed by atoms with Gasteiger partial charge in [-0.2, -0.15) is 0 Å². The number of carboxylic acids is 1. The second-order valence-electron chi connectivity index (χ2n) is 4.57. The van der Waals surface area contributed by atoms with Gasteiger partial charge in [0.2, 0.25) is 0 Å². The molecule has 0 heterocycles. The van der Waals surface area contributed by atoms with E-state index in [4.69, 9.17) is 5.11 Å². The molecule has 0 amide bonds. The summed E-state index contributed by atoms with van der Waals surface area (Å²) in [6.45, 7) is 7.13. The summed E-state index contributed by atoms with van der Waals surface area (Å²) in [7, 11) is 0. The summed E-state index contributed by atoms with van der Waals surface area (Å²) in [6.07, 6.45) is 4.90. The van der Waals surface area contributed by atoms with Crippen LogP contribution in [-0.4, -0.2) is 29.9 Å². The fourth-order valence-corrected chi connectivity index (χ4v) is 11.3. The van der Waals surface area contributed by atoms with Crippen molar-refractivity contribution < 1.29 is 9.90 Å². The van der Waals surface area contributed by atoms with Crippen molar-refractivity contribution in [1.29, 1.82) is 0 Å². The molecule has 0 fully saturated rings. The molecule has 1 N–H and O–H groups in total. The van der Waals surface area contributed by atoms with Gasteiger partial charge in [0.1, 0.15) is 0 Å². The third-order valence-electron chi connectivity index (χ3n) is 3.79. The third-order valence-corrected chi connectivity index (χ3v) is 18.9. The minimum atomic E-state index is -1.56. The van der Waals surface area contributed by atoms with Crippen molar-refractivity contribution in [2.24, 2.45) is 0 Å². The molecule has 2 nitrogen and oxygen atoms in total. The van der Waals surface area contributed by atoms with E-state index in [1.54, 1.807) is 0 Å². The molecule has 0 atom stereocenters. The molecule has 0 spiro atoms. The van der Waals surface area contributed by atoms with Crippen molar-refractivity contribution in [2.75, 3.05) is 0 Å². The van der Waals surface area contributed by atoms with Crippen LogP contribution in [0.2, 0.25) is 17.5 Å². The van der Waals surface area contributed by atoms with Gasteiger partial charge in [-0.05, 0) is 0 Å². The number of unbranched alkanes of at least 4 members (excludes halogenated alkanes) is 3. The number of aliphatic carboxylic acids is 1. The molecule has 0 saturated heterocycles. The monoisotopic (exact) mass is 337 g/mol. The van der Waals surface area contributed by atoms with Gasteiger partial charge in [0.15, 0.2) is 0 Å².